The maximum absolute atomic E-state index is 3.57. The van der Waals surface area contributed by atoms with Crippen molar-refractivity contribution in [2.45, 2.75) is 26.3 Å². The van der Waals surface area contributed by atoms with Crippen LogP contribution in [-0.4, -0.2) is 31.1 Å². The van der Waals surface area contributed by atoms with Crippen LogP contribution < -0.4 is 5.32 Å². The molecular weight excluding hydrogens is 296 g/mol. The van der Waals surface area contributed by atoms with Crippen molar-refractivity contribution in [3.63, 3.8) is 0 Å². The number of likely N-dealkylation sites (tertiary alicyclic amines) is 1. The van der Waals surface area contributed by atoms with Crippen LogP contribution in [0.1, 0.15) is 24.6 Å². The van der Waals surface area contributed by atoms with Gasteiger partial charge in [-0.1, -0.05) is 6.92 Å². The Labute approximate surface area is 117 Å². The predicted octanol–water partition coefficient (Wildman–Crippen LogP) is 3.33. The van der Waals surface area contributed by atoms with Gasteiger partial charge in [-0.15, -0.1) is 11.3 Å². The first kappa shape index (κ1) is 13.5. The van der Waals surface area contributed by atoms with E-state index >= 15 is 0 Å². The molecule has 1 N–H and O–H groups in total. The smallest absolute Gasteiger partial charge is 0.0327 e. The van der Waals surface area contributed by atoms with Gasteiger partial charge in [-0.3, -0.25) is 0 Å². The molecule has 1 aliphatic heterocycles. The highest BCUT2D eigenvalue weighted by Crippen LogP contribution is 2.22. The topological polar surface area (TPSA) is 15.3 Å². The molecule has 4 heteroatoms. The summed E-state index contributed by atoms with van der Waals surface area (Å²) in [5.74, 6) is 0.742. The lowest BCUT2D eigenvalue weighted by atomic mass is 10.1. The van der Waals surface area contributed by atoms with E-state index in [1.54, 1.807) is 0 Å². The summed E-state index contributed by atoms with van der Waals surface area (Å²) in [5, 5.41) is 5.69. The summed E-state index contributed by atoms with van der Waals surface area (Å²) in [6.07, 6.45) is 2.78. The molecular formula is C13H21BrN2S. The van der Waals surface area contributed by atoms with Crippen LogP contribution in [0.3, 0.4) is 0 Å². The monoisotopic (exact) mass is 316 g/mol. The van der Waals surface area contributed by atoms with Gasteiger partial charge in [0.05, 0.1) is 0 Å². The highest BCUT2D eigenvalue weighted by molar-refractivity contribution is 9.10. The van der Waals surface area contributed by atoms with Crippen LogP contribution >= 0.6 is 27.3 Å². The van der Waals surface area contributed by atoms with Crippen LogP contribution in [0.2, 0.25) is 0 Å². The van der Waals surface area contributed by atoms with Gasteiger partial charge < -0.3 is 10.2 Å². The number of thiophene rings is 1. The molecule has 2 nitrogen and oxygen atoms in total. The minimum absolute atomic E-state index is 0.742. The minimum atomic E-state index is 0.742. The second kappa shape index (κ2) is 6.88. The third-order valence-electron chi connectivity index (χ3n) is 3.24. The van der Waals surface area contributed by atoms with E-state index in [0.29, 0.717) is 0 Å². The first-order valence-corrected chi connectivity index (χ1v) is 8.08. The molecule has 0 radical (unpaired) electrons. The van der Waals surface area contributed by atoms with Crippen molar-refractivity contribution in [1.82, 2.24) is 10.2 Å². The SMILES string of the molecule is CC(CNCc1sccc1Br)CN1CCCC1. The highest BCUT2D eigenvalue weighted by Gasteiger charge is 2.14. The van der Waals surface area contributed by atoms with Gasteiger partial charge in [0, 0.05) is 22.4 Å². The van der Waals surface area contributed by atoms with E-state index in [-0.39, 0.29) is 0 Å². The highest BCUT2D eigenvalue weighted by atomic mass is 79.9. The van der Waals surface area contributed by atoms with Crippen molar-refractivity contribution in [1.29, 1.82) is 0 Å². The van der Waals surface area contributed by atoms with Crippen LogP contribution in [0, 0.1) is 5.92 Å². The number of rotatable bonds is 6. The molecule has 0 aromatic carbocycles. The number of hydrogen-bond donors (Lipinski definition) is 1. The first-order valence-electron chi connectivity index (χ1n) is 6.40. The summed E-state index contributed by atoms with van der Waals surface area (Å²) in [5.41, 5.74) is 0. The molecule has 2 heterocycles. The zero-order valence-electron chi connectivity index (χ0n) is 10.4. The van der Waals surface area contributed by atoms with Crippen LogP contribution in [0.5, 0.6) is 0 Å². The van der Waals surface area contributed by atoms with Crippen molar-refractivity contribution in [3.8, 4) is 0 Å². The zero-order valence-corrected chi connectivity index (χ0v) is 12.8. The molecule has 0 amide bonds. The maximum atomic E-state index is 3.57. The lowest BCUT2D eigenvalue weighted by Gasteiger charge is -2.20. The Morgan fingerprint density at radius 2 is 2.24 bits per heavy atom. The molecule has 0 aliphatic carbocycles. The van der Waals surface area contributed by atoms with Gasteiger partial charge in [-0.2, -0.15) is 0 Å². The lowest BCUT2D eigenvalue weighted by molar-refractivity contribution is 0.282. The molecule has 96 valence electrons. The van der Waals surface area contributed by atoms with Crippen LogP contribution in [0.4, 0.5) is 0 Å². The Kier molecular flexibility index (Phi) is 5.48. The fourth-order valence-corrected chi connectivity index (χ4v) is 3.82. The maximum Gasteiger partial charge on any atom is 0.0327 e. The van der Waals surface area contributed by atoms with E-state index in [2.05, 4.69) is 44.5 Å². The second-order valence-corrected chi connectivity index (χ2v) is 6.79. The average Bonchev–Trinajstić information content (AvgIpc) is 2.91. The Morgan fingerprint density at radius 1 is 1.47 bits per heavy atom. The molecule has 1 aliphatic rings. The van der Waals surface area contributed by atoms with Crippen molar-refractivity contribution in [3.05, 3.63) is 20.8 Å². The summed E-state index contributed by atoms with van der Waals surface area (Å²) in [6.45, 7) is 8.30. The molecule has 17 heavy (non-hydrogen) atoms. The van der Waals surface area contributed by atoms with Gasteiger partial charge >= 0.3 is 0 Å². The van der Waals surface area contributed by atoms with Crippen molar-refractivity contribution < 1.29 is 0 Å². The molecule has 1 fully saturated rings. The van der Waals surface area contributed by atoms with Gasteiger partial charge in [-0.25, -0.2) is 0 Å². The lowest BCUT2D eigenvalue weighted by Crippen LogP contribution is -2.31. The summed E-state index contributed by atoms with van der Waals surface area (Å²) in [4.78, 5) is 3.99. The van der Waals surface area contributed by atoms with Gasteiger partial charge in [0.1, 0.15) is 0 Å². The van der Waals surface area contributed by atoms with Gasteiger partial charge in [0.25, 0.3) is 0 Å². The standard InChI is InChI=1S/C13H21BrN2S/c1-11(10-16-5-2-3-6-16)8-15-9-13-12(14)4-7-17-13/h4,7,11,15H,2-3,5-6,8-10H2,1H3. The van der Waals surface area contributed by atoms with E-state index in [1.165, 1.54) is 41.8 Å². The average molecular weight is 317 g/mol. The molecule has 2 rings (SSSR count). The number of halogens is 1. The number of nitrogens with one attached hydrogen (secondary N) is 1. The number of nitrogens with zero attached hydrogens (tertiary/aromatic N) is 1. The largest absolute Gasteiger partial charge is 0.312 e. The molecule has 1 saturated heterocycles. The summed E-state index contributed by atoms with van der Waals surface area (Å²) in [6, 6.07) is 2.12. The molecule has 0 saturated carbocycles. The Morgan fingerprint density at radius 3 is 2.88 bits per heavy atom. The van der Waals surface area contributed by atoms with Gasteiger partial charge in [0.2, 0.25) is 0 Å². The molecule has 1 unspecified atom stereocenters. The quantitative estimate of drug-likeness (QED) is 0.866. The van der Waals surface area contributed by atoms with Crippen molar-refractivity contribution in [2.24, 2.45) is 5.92 Å². The van der Waals surface area contributed by atoms with E-state index in [9.17, 15) is 0 Å². The third-order valence-corrected chi connectivity index (χ3v) is 5.16. The molecule has 1 aromatic rings. The van der Waals surface area contributed by atoms with Crippen molar-refractivity contribution >= 4 is 27.3 Å². The predicted molar refractivity (Wildman–Crippen MR) is 78.6 cm³/mol. The summed E-state index contributed by atoms with van der Waals surface area (Å²) < 4.78 is 1.24. The second-order valence-electron chi connectivity index (χ2n) is 4.94. The number of hydrogen-bond acceptors (Lipinski definition) is 3. The van der Waals surface area contributed by atoms with E-state index in [0.717, 1.165) is 19.0 Å². The van der Waals surface area contributed by atoms with Crippen molar-refractivity contribution in [2.75, 3.05) is 26.2 Å². The fourth-order valence-electron chi connectivity index (χ4n) is 2.35. The molecule has 1 atom stereocenters. The van der Waals surface area contributed by atoms with E-state index < -0.39 is 0 Å². The third kappa shape index (κ3) is 4.36. The summed E-state index contributed by atoms with van der Waals surface area (Å²) in [7, 11) is 0. The Balaban J connectivity index is 1.62. The van der Waals surface area contributed by atoms with E-state index in [4.69, 9.17) is 0 Å². The molecule has 0 bridgehead atoms. The minimum Gasteiger partial charge on any atom is -0.312 e. The fraction of sp³-hybridized carbons (Fsp3) is 0.692. The van der Waals surface area contributed by atoms with Crippen LogP contribution in [0.25, 0.3) is 0 Å². The molecule has 1 aromatic heterocycles. The van der Waals surface area contributed by atoms with Gasteiger partial charge in [0.15, 0.2) is 0 Å². The Hall–Kier alpha value is 0.1000. The Bertz CT molecular complexity index is 334. The summed E-state index contributed by atoms with van der Waals surface area (Å²) >= 11 is 5.38. The van der Waals surface area contributed by atoms with Crippen LogP contribution in [-0.2, 0) is 6.54 Å². The molecule has 0 spiro atoms. The van der Waals surface area contributed by atoms with Gasteiger partial charge in [-0.05, 0) is 65.8 Å². The van der Waals surface area contributed by atoms with E-state index in [1.807, 2.05) is 11.3 Å². The first-order chi connectivity index (χ1) is 8.25. The normalized spacial score (nSPS) is 18.7. The zero-order chi connectivity index (χ0) is 12.1. The van der Waals surface area contributed by atoms with Crippen LogP contribution in [0.15, 0.2) is 15.9 Å².